The SMILES string of the molecule is CC1(C)c2ccccc2-c2ccc(N(c3ccc4c(c3)oc3ccccc34)c3ccccc3-c3cccc4oc5cc6ccccc6cc5c34)cc21. The first-order valence-electron chi connectivity index (χ1n) is 17.9. The number of rotatable bonds is 4. The number of furan rings is 2. The molecule has 1 aliphatic rings. The van der Waals surface area contributed by atoms with Crippen LogP contribution in [0.25, 0.3) is 76.9 Å². The molecular formula is C49H33NO2. The van der Waals surface area contributed by atoms with Crippen molar-refractivity contribution in [2.75, 3.05) is 4.90 Å². The first-order valence-corrected chi connectivity index (χ1v) is 17.9. The molecule has 10 aromatic rings. The lowest BCUT2D eigenvalue weighted by Crippen LogP contribution is -2.16. The Balaban J connectivity index is 1.17. The third kappa shape index (κ3) is 4.14. The highest BCUT2D eigenvalue weighted by Gasteiger charge is 2.36. The molecule has 0 saturated carbocycles. The second-order valence-electron chi connectivity index (χ2n) is 14.5. The molecule has 0 amide bonds. The van der Waals surface area contributed by atoms with Crippen molar-refractivity contribution in [2.45, 2.75) is 19.3 Å². The van der Waals surface area contributed by atoms with Crippen LogP contribution in [0.4, 0.5) is 17.1 Å². The van der Waals surface area contributed by atoms with Crippen LogP contribution in [0.2, 0.25) is 0 Å². The number of benzene rings is 8. The minimum absolute atomic E-state index is 0.139. The van der Waals surface area contributed by atoms with E-state index in [-0.39, 0.29) is 5.41 Å². The van der Waals surface area contributed by atoms with Gasteiger partial charge in [0.2, 0.25) is 0 Å². The van der Waals surface area contributed by atoms with Gasteiger partial charge in [0.1, 0.15) is 22.3 Å². The predicted molar refractivity (Wildman–Crippen MR) is 216 cm³/mol. The van der Waals surface area contributed by atoms with E-state index in [2.05, 4.69) is 170 Å². The topological polar surface area (TPSA) is 29.5 Å². The number of hydrogen-bond acceptors (Lipinski definition) is 3. The average Bonchev–Trinajstić information content (AvgIpc) is 3.81. The maximum absolute atomic E-state index is 6.55. The molecule has 0 aliphatic heterocycles. The standard InChI is InChI=1S/C49H33NO2/c1-49(2)41-18-8-5-14-34(41)35-24-22-32(28-42(35)49)50(33-23-25-38-37-16-7-10-20-44(37)51-47(38)29-33)43-19-9-6-15-36(43)39-17-11-21-45-48(39)40-26-30-12-3-4-13-31(30)27-46(40)52-45/h3-29H,1-2H3. The third-order valence-corrected chi connectivity index (χ3v) is 11.2. The summed E-state index contributed by atoms with van der Waals surface area (Å²) in [6.07, 6.45) is 0. The zero-order valence-corrected chi connectivity index (χ0v) is 28.9. The smallest absolute Gasteiger partial charge is 0.137 e. The largest absolute Gasteiger partial charge is 0.456 e. The summed E-state index contributed by atoms with van der Waals surface area (Å²) < 4.78 is 13.0. The first-order chi connectivity index (χ1) is 25.5. The molecular weight excluding hydrogens is 635 g/mol. The summed E-state index contributed by atoms with van der Waals surface area (Å²) in [5, 5.41) is 6.84. The molecule has 0 spiro atoms. The van der Waals surface area contributed by atoms with Crippen LogP contribution in [0.3, 0.4) is 0 Å². The van der Waals surface area contributed by atoms with E-state index in [4.69, 9.17) is 8.83 Å². The van der Waals surface area contributed by atoms with Crippen LogP contribution in [0.15, 0.2) is 173 Å². The molecule has 0 bridgehead atoms. The van der Waals surface area contributed by atoms with Gasteiger partial charge >= 0.3 is 0 Å². The molecule has 1 aliphatic carbocycles. The molecule has 52 heavy (non-hydrogen) atoms. The van der Waals surface area contributed by atoms with Crippen LogP contribution in [0, 0.1) is 0 Å². The van der Waals surface area contributed by atoms with E-state index in [9.17, 15) is 0 Å². The highest BCUT2D eigenvalue weighted by atomic mass is 16.3. The van der Waals surface area contributed by atoms with Crippen molar-refractivity contribution in [3.05, 3.63) is 175 Å². The summed E-state index contributed by atoms with van der Waals surface area (Å²) in [5.74, 6) is 0. The van der Waals surface area contributed by atoms with E-state index < -0.39 is 0 Å². The fraction of sp³-hybridized carbons (Fsp3) is 0.0612. The molecule has 0 radical (unpaired) electrons. The number of para-hydroxylation sites is 2. The van der Waals surface area contributed by atoms with E-state index in [1.165, 1.54) is 33.0 Å². The molecule has 0 atom stereocenters. The number of hydrogen-bond donors (Lipinski definition) is 0. The van der Waals surface area contributed by atoms with Gasteiger partial charge in [-0.15, -0.1) is 0 Å². The minimum atomic E-state index is -0.139. The lowest BCUT2D eigenvalue weighted by molar-refractivity contribution is 0.660. The Kier molecular flexibility index (Phi) is 6.01. The van der Waals surface area contributed by atoms with Crippen LogP contribution >= 0.6 is 0 Å². The highest BCUT2D eigenvalue weighted by Crippen LogP contribution is 2.52. The van der Waals surface area contributed by atoms with Gasteiger partial charge in [0.05, 0.1) is 5.69 Å². The van der Waals surface area contributed by atoms with Crippen LogP contribution in [0.5, 0.6) is 0 Å². The third-order valence-electron chi connectivity index (χ3n) is 11.2. The molecule has 3 nitrogen and oxygen atoms in total. The Morgan fingerprint density at radius 1 is 0.404 bits per heavy atom. The van der Waals surface area contributed by atoms with Crippen LogP contribution in [0.1, 0.15) is 25.0 Å². The van der Waals surface area contributed by atoms with E-state index in [1.807, 2.05) is 12.1 Å². The fourth-order valence-electron chi connectivity index (χ4n) is 8.74. The Bertz CT molecular complexity index is 3070. The number of anilines is 3. The Morgan fingerprint density at radius 2 is 1.02 bits per heavy atom. The van der Waals surface area contributed by atoms with Gasteiger partial charge in [-0.1, -0.05) is 117 Å². The van der Waals surface area contributed by atoms with Crippen molar-refractivity contribution in [1.82, 2.24) is 0 Å². The summed E-state index contributed by atoms with van der Waals surface area (Å²) in [7, 11) is 0. The van der Waals surface area contributed by atoms with Crippen LogP contribution < -0.4 is 4.90 Å². The summed E-state index contributed by atoms with van der Waals surface area (Å²) >= 11 is 0. The second-order valence-corrected chi connectivity index (χ2v) is 14.5. The van der Waals surface area contributed by atoms with Crippen molar-refractivity contribution in [1.29, 1.82) is 0 Å². The van der Waals surface area contributed by atoms with E-state index in [0.29, 0.717) is 0 Å². The van der Waals surface area contributed by atoms with Gasteiger partial charge < -0.3 is 13.7 Å². The first kappa shape index (κ1) is 29.2. The van der Waals surface area contributed by atoms with E-state index >= 15 is 0 Å². The summed E-state index contributed by atoms with van der Waals surface area (Å²) in [6, 6.07) is 58.8. The van der Waals surface area contributed by atoms with E-state index in [1.54, 1.807) is 0 Å². The predicted octanol–water partition coefficient (Wildman–Crippen LogP) is 14.1. The monoisotopic (exact) mass is 667 g/mol. The zero-order chi connectivity index (χ0) is 34.6. The molecule has 246 valence electrons. The summed E-state index contributed by atoms with van der Waals surface area (Å²) in [5.41, 5.74) is 14.2. The molecule has 11 rings (SSSR count). The molecule has 3 heteroatoms. The van der Waals surface area contributed by atoms with Crippen molar-refractivity contribution in [3.63, 3.8) is 0 Å². The summed E-state index contributed by atoms with van der Waals surface area (Å²) in [6.45, 7) is 4.68. The fourth-order valence-corrected chi connectivity index (χ4v) is 8.74. The Morgan fingerprint density at radius 3 is 1.92 bits per heavy atom. The van der Waals surface area contributed by atoms with Gasteiger partial charge in [0, 0.05) is 50.0 Å². The van der Waals surface area contributed by atoms with E-state index in [0.717, 1.165) is 72.1 Å². The van der Waals surface area contributed by atoms with Crippen molar-refractivity contribution >= 4 is 71.7 Å². The van der Waals surface area contributed by atoms with Crippen molar-refractivity contribution in [3.8, 4) is 22.3 Å². The maximum Gasteiger partial charge on any atom is 0.137 e. The lowest BCUT2D eigenvalue weighted by Gasteiger charge is -2.30. The Hall–Kier alpha value is -6.58. The minimum Gasteiger partial charge on any atom is -0.456 e. The molecule has 2 heterocycles. The van der Waals surface area contributed by atoms with Gasteiger partial charge in [0.15, 0.2) is 0 Å². The van der Waals surface area contributed by atoms with Gasteiger partial charge in [0.25, 0.3) is 0 Å². The highest BCUT2D eigenvalue weighted by molar-refractivity contribution is 6.17. The average molecular weight is 668 g/mol. The van der Waals surface area contributed by atoms with Crippen molar-refractivity contribution < 1.29 is 8.83 Å². The van der Waals surface area contributed by atoms with Crippen molar-refractivity contribution in [2.24, 2.45) is 0 Å². The van der Waals surface area contributed by atoms with Gasteiger partial charge in [-0.25, -0.2) is 0 Å². The molecule has 2 aromatic heterocycles. The zero-order valence-electron chi connectivity index (χ0n) is 28.9. The molecule has 8 aromatic carbocycles. The molecule has 0 saturated heterocycles. The number of fused-ring (bicyclic) bond motifs is 10. The maximum atomic E-state index is 6.55. The number of nitrogens with zero attached hydrogens (tertiary/aromatic N) is 1. The molecule has 0 unspecified atom stereocenters. The molecule has 0 N–H and O–H groups in total. The van der Waals surface area contributed by atoms with Gasteiger partial charge in [-0.05, 0) is 93.2 Å². The van der Waals surface area contributed by atoms with Gasteiger partial charge in [-0.3, -0.25) is 0 Å². The lowest BCUT2D eigenvalue weighted by atomic mass is 9.82. The Labute approximate surface area is 301 Å². The normalized spacial score (nSPS) is 13.3. The summed E-state index contributed by atoms with van der Waals surface area (Å²) in [4.78, 5) is 2.40. The second kappa shape index (κ2) is 10.7. The molecule has 0 fully saturated rings. The van der Waals surface area contributed by atoms with Gasteiger partial charge in [-0.2, -0.15) is 0 Å². The van der Waals surface area contributed by atoms with Crippen LogP contribution in [-0.4, -0.2) is 0 Å². The van der Waals surface area contributed by atoms with Crippen LogP contribution in [-0.2, 0) is 5.41 Å². The quantitative estimate of drug-likeness (QED) is 0.187.